The van der Waals surface area contributed by atoms with Gasteiger partial charge in [0.15, 0.2) is 0 Å². The van der Waals surface area contributed by atoms with Crippen molar-refractivity contribution in [3.8, 4) is 0 Å². The third-order valence-corrected chi connectivity index (χ3v) is 4.99. The van der Waals surface area contributed by atoms with Gasteiger partial charge in [-0.1, -0.05) is 75.8 Å². The second-order valence-corrected chi connectivity index (χ2v) is 8.30. The SMILES string of the molecule is C=C=C(C(C)(C)C)C(C)(C)C(C)(C)C(C)(C)C. The Labute approximate surface area is 109 Å². The Kier molecular flexibility index (Phi) is 4.20. The summed E-state index contributed by atoms with van der Waals surface area (Å²) in [5.41, 5.74) is 5.16. The fourth-order valence-corrected chi connectivity index (χ4v) is 2.67. The molecule has 0 aliphatic rings. The van der Waals surface area contributed by atoms with Crippen molar-refractivity contribution < 1.29 is 0 Å². The topological polar surface area (TPSA) is 0 Å². The maximum Gasteiger partial charge on any atom is -0.000766 e. The third-order valence-electron chi connectivity index (χ3n) is 4.99. The first-order valence-corrected chi connectivity index (χ1v) is 6.60. The molecule has 17 heavy (non-hydrogen) atoms. The van der Waals surface area contributed by atoms with Crippen LogP contribution in [0.1, 0.15) is 69.2 Å². The third kappa shape index (κ3) is 2.86. The molecule has 0 spiro atoms. The Morgan fingerprint density at radius 1 is 0.765 bits per heavy atom. The van der Waals surface area contributed by atoms with Crippen LogP contribution in [0, 0.1) is 21.7 Å². The van der Waals surface area contributed by atoms with Gasteiger partial charge in [0, 0.05) is 0 Å². The molecule has 0 heteroatoms. The Balaban J connectivity index is 5.81. The maximum atomic E-state index is 3.93. The molecular weight excluding hydrogens is 204 g/mol. The lowest BCUT2D eigenvalue weighted by Gasteiger charge is -2.53. The van der Waals surface area contributed by atoms with Crippen LogP contribution >= 0.6 is 0 Å². The van der Waals surface area contributed by atoms with Crippen LogP contribution < -0.4 is 0 Å². The summed E-state index contributed by atoms with van der Waals surface area (Å²) >= 11 is 0. The molecule has 0 aromatic carbocycles. The number of hydrogen-bond acceptors (Lipinski definition) is 0. The minimum Gasteiger partial charge on any atom is -0.128 e. The van der Waals surface area contributed by atoms with Crippen LogP contribution in [0.2, 0.25) is 0 Å². The molecule has 0 atom stereocenters. The van der Waals surface area contributed by atoms with E-state index in [2.05, 4.69) is 81.5 Å². The average molecular weight is 236 g/mol. The molecule has 0 aliphatic carbocycles. The van der Waals surface area contributed by atoms with E-state index in [0.717, 1.165) is 0 Å². The second kappa shape index (κ2) is 4.32. The predicted octanol–water partition coefficient (Wildman–Crippen LogP) is 5.84. The van der Waals surface area contributed by atoms with E-state index in [0.29, 0.717) is 0 Å². The van der Waals surface area contributed by atoms with Crippen LogP contribution in [0.25, 0.3) is 0 Å². The molecule has 0 aromatic heterocycles. The minimum absolute atomic E-state index is 0.0747. The summed E-state index contributed by atoms with van der Waals surface area (Å²) in [5, 5.41) is 0. The van der Waals surface area contributed by atoms with Gasteiger partial charge in [0.2, 0.25) is 0 Å². The molecule has 0 unspecified atom stereocenters. The fraction of sp³-hybridized carbons (Fsp3) is 0.824. The lowest BCUT2D eigenvalue weighted by molar-refractivity contribution is 0.00723. The van der Waals surface area contributed by atoms with Crippen LogP contribution in [0.3, 0.4) is 0 Å². The highest BCUT2D eigenvalue weighted by molar-refractivity contribution is 5.22. The quantitative estimate of drug-likeness (QED) is 0.528. The Morgan fingerprint density at radius 2 is 1.12 bits per heavy atom. The standard InChI is InChI=1S/C17H32/c1-12-13(14(2,3)4)16(8,9)17(10,11)15(5,6)7/h1H2,2-11H3. The van der Waals surface area contributed by atoms with Crippen molar-refractivity contribution in [2.75, 3.05) is 0 Å². The van der Waals surface area contributed by atoms with E-state index in [1.807, 2.05) is 0 Å². The number of allylic oxidation sites excluding steroid dienone is 1. The first-order valence-electron chi connectivity index (χ1n) is 6.60. The Morgan fingerprint density at radius 3 is 1.29 bits per heavy atom. The van der Waals surface area contributed by atoms with Gasteiger partial charge in [-0.25, -0.2) is 0 Å². The van der Waals surface area contributed by atoms with E-state index < -0.39 is 0 Å². The molecule has 0 radical (unpaired) electrons. The van der Waals surface area contributed by atoms with Crippen molar-refractivity contribution in [1.29, 1.82) is 0 Å². The smallest absolute Gasteiger partial charge is 0.000766 e. The molecule has 0 heterocycles. The highest BCUT2D eigenvalue weighted by atomic mass is 14.5. The molecule has 0 fully saturated rings. The monoisotopic (exact) mass is 236 g/mol. The lowest BCUT2D eigenvalue weighted by Crippen LogP contribution is -2.46. The van der Waals surface area contributed by atoms with Crippen LogP contribution in [-0.4, -0.2) is 0 Å². The van der Waals surface area contributed by atoms with Crippen molar-refractivity contribution in [1.82, 2.24) is 0 Å². The van der Waals surface area contributed by atoms with Crippen LogP contribution in [0.15, 0.2) is 17.9 Å². The van der Waals surface area contributed by atoms with Crippen LogP contribution in [0.4, 0.5) is 0 Å². The Hall–Kier alpha value is -0.480. The molecule has 0 aromatic rings. The van der Waals surface area contributed by atoms with Gasteiger partial charge in [-0.15, -0.1) is 5.73 Å². The lowest BCUT2D eigenvalue weighted by atomic mass is 9.51. The minimum atomic E-state index is 0.0747. The van der Waals surface area contributed by atoms with Gasteiger partial charge in [0.1, 0.15) is 0 Å². The second-order valence-electron chi connectivity index (χ2n) is 8.30. The van der Waals surface area contributed by atoms with Crippen molar-refractivity contribution in [2.45, 2.75) is 69.2 Å². The van der Waals surface area contributed by atoms with Crippen molar-refractivity contribution in [3.05, 3.63) is 17.9 Å². The van der Waals surface area contributed by atoms with E-state index in [9.17, 15) is 0 Å². The molecule has 0 nitrogen and oxygen atoms in total. The summed E-state index contributed by atoms with van der Waals surface area (Å²) in [6, 6.07) is 0. The summed E-state index contributed by atoms with van der Waals surface area (Å²) in [6.07, 6.45) is 0. The first-order chi connectivity index (χ1) is 7.19. The van der Waals surface area contributed by atoms with E-state index >= 15 is 0 Å². The van der Waals surface area contributed by atoms with Gasteiger partial charge in [-0.3, -0.25) is 0 Å². The summed E-state index contributed by atoms with van der Waals surface area (Å²) in [4.78, 5) is 0. The van der Waals surface area contributed by atoms with Crippen molar-refractivity contribution >= 4 is 0 Å². The van der Waals surface area contributed by atoms with Gasteiger partial charge in [0.25, 0.3) is 0 Å². The molecule has 100 valence electrons. The zero-order valence-corrected chi connectivity index (χ0v) is 13.7. The van der Waals surface area contributed by atoms with Gasteiger partial charge in [-0.2, -0.15) is 0 Å². The molecular formula is C17H32. The summed E-state index contributed by atoms with van der Waals surface area (Å²) < 4.78 is 0. The molecule has 0 rings (SSSR count). The zero-order valence-electron chi connectivity index (χ0n) is 13.7. The normalized spacial score (nSPS) is 14.5. The van der Waals surface area contributed by atoms with Gasteiger partial charge in [0.05, 0.1) is 0 Å². The molecule has 0 bridgehead atoms. The fourth-order valence-electron chi connectivity index (χ4n) is 2.67. The zero-order chi connectivity index (χ0) is 14.3. The number of hydrogen-bond donors (Lipinski definition) is 0. The van der Waals surface area contributed by atoms with Gasteiger partial charge in [-0.05, 0) is 27.2 Å². The highest BCUT2D eigenvalue weighted by Crippen LogP contribution is 2.57. The first kappa shape index (κ1) is 16.5. The maximum absolute atomic E-state index is 3.93. The van der Waals surface area contributed by atoms with Gasteiger partial charge < -0.3 is 0 Å². The summed E-state index contributed by atoms with van der Waals surface area (Å²) in [7, 11) is 0. The molecule has 0 amide bonds. The van der Waals surface area contributed by atoms with E-state index in [4.69, 9.17) is 0 Å². The summed E-state index contributed by atoms with van der Waals surface area (Å²) in [5.74, 6) is 0. The van der Waals surface area contributed by atoms with Gasteiger partial charge >= 0.3 is 0 Å². The van der Waals surface area contributed by atoms with Crippen LogP contribution in [0.5, 0.6) is 0 Å². The number of rotatable bonds is 2. The molecule has 0 aliphatic heterocycles. The average Bonchev–Trinajstić information content (AvgIpc) is 1.98. The van der Waals surface area contributed by atoms with Crippen molar-refractivity contribution in [2.24, 2.45) is 21.7 Å². The highest BCUT2D eigenvalue weighted by Gasteiger charge is 2.49. The molecule has 0 saturated carbocycles. The van der Waals surface area contributed by atoms with E-state index in [1.165, 1.54) is 5.57 Å². The largest absolute Gasteiger partial charge is 0.128 e. The molecule has 0 saturated heterocycles. The van der Waals surface area contributed by atoms with E-state index in [1.54, 1.807) is 0 Å². The van der Waals surface area contributed by atoms with Crippen LogP contribution in [-0.2, 0) is 0 Å². The summed E-state index contributed by atoms with van der Waals surface area (Å²) in [6.45, 7) is 27.0. The van der Waals surface area contributed by atoms with Crippen molar-refractivity contribution in [3.63, 3.8) is 0 Å². The predicted molar refractivity (Wildman–Crippen MR) is 79.1 cm³/mol. The Bertz CT molecular complexity index is 320. The molecule has 0 N–H and O–H groups in total. The van der Waals surface area contributed by atoms with E-state index in [-0.39, 0.29) is 21.7 Å².